The molecule has 2 amide bonds. The molecule has 0 saturated carbocycles. The summed E-state index contributed by atoms with van der Waals surface area (Å²) in [5.74, 6) is -0.802. The molecule has 192 valence electrons. The van der Waals surface area contributed by atoms with Gasteiger partial charge in [0.1, 0.15) is 10.8 Å². The Labute approximate surface area is 225 Å². The first-order valence-corrected chi connectivity index (χ1v) is 13.1. The lowest BCUT2D eigenvalue weighted by atomic mass is 10.1. The van der Waals surface area contributed by atoms with Crippen molar-refractivity contribution < 1.29 is 23.9 Å². The average molecular weight is 572 g/mol. The Bertz CT molecular complexity index is 1310. The van der Waals surface area contributed by atoms with Gasteiger partial charge in [-0.15, -0.1) is 21.5 Å². The minimum absolute atomic E-state index is 0.0279. The smallest absolute Gasteiger partial charge is 0.341 e. The quantitative estimate of drug-likeness (QED) is 0.263. The summed E-state index contributed by atoms with van der Waals surface area (Å²) in [5.41, 5.74) is 5.84. The van der Waals surface area contributed by atoms with E-state index in [9.17, 15) is 14.4 Å². The van der Waals surface area contributed by atoms with Crippen LogP contribution in [0.4, 0.5) is 5.00 Å². The topological polar surface area (TPSA) is 138 Å². The second kappa shape index (κ2) is 12.0. The predicted octanol–water partition coefficient (Wildman–Crippen LogP) is 4.73. The summed E-state index contributed by atoms with van der Waals surface area (Å²) in [6.07, 6.45) is -0.483. The molecule has 3 aromatic rings. The molecule has 0 radical (unpaired) electrons. The summed E-state index contributed by atoms with van der Waals surface area (Å²) in [6.45, 7) is 5.83. The number of carbonyl (C=O) groups is 3. The number of hydrogen-bond donors (Lipinski definition) is 2. The number of aromatic nitrogens is 3. The number of ether oxygens (including phenoxy) is 2. The van der Waals surface area contributed by atoms with Crippen LogP contribution in [-0.2, 0) is 16.1 Å². The molecular weight excluding hydrogens is 549 g/mol. The number of thiophene rings is 1. The maximum atomic E-state index is 12.7. The minimum atomic E-state index is -0.697. The summed E-state index contributed by atoms with van der Waals surface area (Å²) in [5, 5.41) is 12.7. The Hall–Kier alpha value is -2.80. The van der Waals surface area contributed by atoms with Crippen LogP contribution in [0.2, 0.25) is 10.0 Å². The first-order chi connectivity index (χ1) is 17.1. The van der Waals surface area contributed by atoms with Crippen molar-refractivity contribution in [2.45, 2.75) is 38.6 Å². The Morgan fingerprint density at radius 2 is 2.00 bits per heavy atom. The van der Waals surface area contributed by atoms with Crippen molar-refractivity contribution in [3.8, 4) is 5.75 Å². The monoisotopic (exact) mass is 571 g/mol. The zero-order valence-electron chi connectivity index (χ0n) is 19.8. The first kappa shape index (κ1) is 27.8. The van der Waals surface area contributed by atoms with Crippen molar-refractivity contribution >= 4 is 69.1 Å². The number of rotatable bonds is 10. The van der Waals surface area contributed by atoms with Gasteiger partial charge in [0.2, 0.25) is 5.91 Å². The van der Waals surface area contributed by atoms with Crippen LogP contribution in [0.25, 0.3) is 0 Å². The Morgan fingerprint density at radius 1 is 1.28 bits per heavy atom. The van der Waals surface area contributed by atoms with Crippen molar-refractivity contribution in [3.05, 3.63) is 50.1 Å². The van der Waals surface area contributed by atoms with E-state index in [1.807, 2.05) is 18.4 Å². The van der Waals surface area contributed by atoms with Crippen molar-refractivity contribution in [1.29, 1.82) is 0 Å². The van der Waals surface area contributed by atoms with Crippen molar-refractivity contribution in [2.75, 3.05) is 18.2 Å². The molecule has 0 aliphatic heterocycles. The lowest BCUT2D eigenvalue weighted by molar-refractivity contribution is -0.113. The summed E-state index contributed by atoms with van der Waals surface area (Å²) in [4.78, 5) is 36.7. The van der Waals surface area contributed by atoms with Crippen LogP contribution in [0.1, 0.15) is 51.4 Å². The molecule has 3 N–H and O–H groups in total. The largest absolute Gasteiger partial charge is 0.481 e. The van der Waals surface area contributed by atoms with Gasteiger partial charge in [0.25, 0.3) is 5.91 Å². The van der Waals surface area contributed by atoms with E-state index >= 15 is 0 Å². The predicted molar refractivity (Wildman–Crippen MR) is 139 cm³/mol. The number of nitrogens with one attached hydrogen (secondary N) is 1. The minimum Gasteiger partial charge on any atom is -0.481 e. The van der Waals surface area contributed by atoms with Gasteiger partial charge in [0, 0.05) is 11.6 Å². The summed E-state index contributed by atoms with van der Waals surface area (Å²) < 4.78 is 12.6. The van der Waals surface area contributed by atoms with Crippen LogP contribution in [0.3, 0.4) is 0 Å². The molecule has 10 nitrogen and oxygen atoms in total. The normalized spacial score (nSPS) is 11.7. The molecule has 3 rings (SSSR count). The number of anilines is 1. The number of hydrogen-bond acceptors (Lipinski definition) is 9. The highest BCUT2D eigenvalue weighted by Crippen LogP contribution is 2.34. The van der Waals surface area contributed by atoms with Gasteiger partial charge in [-0.2, -0.15) is 0 Å². The number of halogens is 2. The number of nitrogens with two attached hydrogens (primary N) is 1. The van der Waals surface area contributed by atoms with Gasteiger partial charge in [0.15, 0.2) is 17.1 Å². The number of thioether (sulfide) groups is 1. The molecule has 0 fully saturated rings. The standard InChI is InChI=1S/C22H23Cl2N5O5S2/c1-5-29-19(11(3)34-14-7-6-12(23)8-13(14)24)27-28-22(29)35-9-15(30)26-20-16(21(32)33-4)10(2)17(36-20)18(25)31/h6-8,11H,5,9H2,1-4H3,(H2,25,31)(H,26,30). The molecule has 1 unspecified atom stereocenters. The fourth-order valence-corrected chi connectivity index (χ4v) is 5.62. The van der Waals surface area contributed by atoms with E-state index in [2.05, 4.69) is 15.5 Å². The molecular formula is C22H23Cl2N5O5S2. The van der Waals surface area contributed by atoms with Crippen LogP contribution in [-0.4, -0.2) is 45.4 Å². The molecule has 0 aliphatic rings. The number of nitrogens with zero attached hydrogens (tertiary/aromatic N) is 3. The third-order valence-electron chi connectivity index (χ3n) is 4.97. The lowest BCUT2D eigenvalue weighted by Crippen LogP contribution is -2.17. The fourth-order valence-electron chi connectivity index (χ4n) is 3.30. The van der Waals surface area contributed by atoms with Gasteiger partial charge < -0.3 is 25.1 Å². The van der Waals surface area contributed by atoms with Crippen molar-refractivity contribution in [3.63, 3.8) is 0 Å². The SMILES string of the molecule is CCn1c(SCC(=O)Nc2sc(C(N)=O)c(C)c2C(=O)OC)nnc1C(C)Oc1ccc(Cl)cc1Cl. The average Bonchev–Trinajstić information content (AvgIpc) is 3.39. The first-order valence-electron chi connectivity index (χ1n) is 10.6. The second-order valence-corrected chi connectivity index (χ2v) is 10.2. The van der Waals surface area contributed by atoms with Gasteiger partial charge in [0.05, 0.1) is 28.3 Å². The second-order valence-electron chi connectivity index (χ2n) is 7.37. The zero-order valence-corrected chi connectivity index (χ0v) is 22.9. The highest BCUT2D eigenvalue weighted by atomic mass is 35.5. The van der Waals surface area contributed by atoms with Gasteiger partial charge in [-0.25, -0.2) is 4.79 Å². The van der Waals surface area contributed by atoms with E-state index in [4.69, 9.17) is 38.4 Å². The van der Waals surface area contributed by atoms with Gasteiger partial charge in [-0.3, -0.25) is 9.59 Å². The maximum Gasteiger partial charge on any atom is 0.341 e. The molecule has 14 heteroatoms. The number of benzene rings is 1. The van der Waals surface area contributed by atoms with Crippen LogP contribution >= 0.6 is 46.3 Å². The highest BCUT2D eigenvalue weighted by Gasteiger charge is 2.26. The number of primary amides is 1. The van der Waals surface area contributed by atoms with Crippen LogP contribution in [0.15, 0.2) is 23.4 Å². The van der Waals surface area contributed by atoms with E-state index < -0.39 is 23.9 Å². The summed E-state index contributed by atoms with van der Waals surface area (Å²) in [7, 11) is 1.21. The van der Waals surface area contributed by atoms with E-state index in [0.717, 1.165) is 23.1 Å². The number of methoxy groups -OCH3 is 1. The molecule has 0 bridgehead atoms. The maximum absolute atomic E-state index is 12.7. The van der Waals surface area contributed by atoms with E-state index in [1.54, 1.807) is 25.1 Å². The summed E-state index contributed by atoms with van der Waals surface area (Å²) in [6, 6.07) is 4.93. The third kappa shape index (κ3) is 6.12. The van der Waals surface area contributed by atoms with E-state index in [0.29, 0.717) is 38.9 Å². The Kier molecular flexibility index (Phi) is 9.23. The lowest BCUT2D eigenvalue weighted by Gasteiger charge is -2.16. The third-order valence-corrected chi connectivity index (χ3v) is 7.69. The van der Waals surface area contributed by atoms with Gasteiger partial charge in [-0.1, -0.05) is 35.0 Å². The van der Waals surface area contributed by atoms with Crippen LogP contribution in [0, 0.1) is 6.92 Å². The number of carbonyl (C=O) groups excluding carboxylic acids is 3. The fraction of sp³-hybridized carbons (Fsp3) is 0.318. The zero-order chi connectivity index (χ0) is 26.6. The Balaban J connectivity index is 1.72. The van der Waals surface area contributed by atoms with Gasteiger partial charge >= 0.3 is 5.97 Å². The highest BCUT2D eigenvalue weighted by molar-refractivity contribution is 7.99. The molecule has 36 heavy (non-hydrogen) atoms. The van der Waals surface area contributed by atoms with Crippen LogP contribution in [0.5, 0.6) is 5.75 Å². The van der Waals surface area contributed by atoms with Gasteiger partial charge in [-0.05, 0) is 44.5 Å². The molecule has 1 atom stereocenters. The molecule has 0 spiro atoms. The van der Waals surface area contributed by atoms with E-state index in [-0.39, 0.29) is 21.2 Å². The number of amides is 2. The summed E-state index contributed by atoms with van der Waals surface area (Å²) >= 11 is 14.2. The molecule has 2 heterocycles. The van der Waals surface area contributed by atoms with Crippen molar-refractivity contribution in [2.24, 2.45) is 5.73 Å². The molecule has 1 aromatic carbocycles. The van der Waals surface area contributed by atoms with Crippen molar-refractivity contribution in [1.82, 2.24) is 14.8 Å². The number of esters is 1. The molecule has 0 saturated heterocycles. The Morgan fingerprint density at radius 3 is 2.61 bits per heavy atom. The van der Waals surface area contributed by atoms with E-state index in [1.165, 1.54) is 7.11 Å². The molecule has 2 aromatic heterocycles. The van der Waals surface area contributed by atoms with Crippen LogP contribution < -0.4 is 15.8 Å². The molecule has 0 aliphatic carbocycles.